The van der Waals surface area contributed by atoms with Crippen LogP contribution in [0.5, 0.6) is 0 Å². The zero-order valence-electron chi connectivity index (χ0n) is 21.8. The van der Waals surface area contributed by atoms with Crippen LogP contribution < -0.4 is 10.6 Å². The summed E-state index contributed by atoms with van der Waals surface area (Å²) in [4.78, 5) is 52.7. The number of nitrogens with zero attached hydrogens (tertiary/aromatic N) is 1. The fourth-order valence-electron chi connectivity index (χ4n) is 3.32. The molecule has 3 amide bonds. The van der Waals surface area contributed by atoms with Crippen molar-refractivity contribution in [2.24, 2.45) is 0 Å². The van der Waals surface area contributed by atoms with E-state index in [9.17, 15) is 19.2 Å². The van der Waals surface area contributed by atoms with Crippen LogP contribution in [0.1, 0.15) is 72.1 Å². The normalized spacial score (nSPS) is 13.3. The van der Waals surface area contributed by atoms with Gasteiger partial charge in [-0.25, -0.2) is 4.79 Å². The third-order valence-corrected chi connectivity index (χ3v) is 5.48. The third-order valence-electron chi connectivity index (χ3n) is 5.48. The molecule has 1 aromatic carbocycles. The zero-order valence-corrected chi connectivity index (χ0v) is 21.8. The maximum absolute atomic E-state index is 13.8. The molecule has 9 heteroatoms. The number of benzene rings is 1. The molecule has 0 aromatic heterocycles. The van der Waals surface area contributed by atoms with Crippen molar-refractivity contribution >= 4 is 23.9 Å². The molecule has 34 heavy (non-hydrogen) atoms. The largest absolute Gasteiger partial charge is 0.468 e. The second-order valence-electron chi connectivity index (χ2n) is 9.80. The van der Waals surface area contributed by atoms with Gasteiger partial charge in [0.05, 0.1) is 7.11 Å². The van der Waals surface area contributed by atoms with E-state index >= 15 is 0 Å². The highest BCUT2D eigenvalue weighted by Crippen LogP contribution is 2.33. The highest BCUT2D eigenvalue weighted by molar-refractivity contribution is 5.93. The number of methoxy groups -OCH3 is 1. The lowest BCUT2D eigenvalue weighted by Crippen LogP contribution is -2.59. The first kappa shape index (κ1) is 28.9. The Morgan fingerprint density at radius 2 is 1.65 bits per heavy atom. The van der Waals surface area contributed by atoms with Crippen LogP contribution in [0.4, 0.5) is 4.79 Å². The standard InChI is InChI=1S/C25H39N3O6/c1-10-25(7,8)28(22(31)17(3)27-23(32)34-24(4,5)6)20(18-14-12-11-13-16(18)2)21(30)26-15-19(29)33-9/h11-14,17,20H,10,15H2,1-9H3,(H,26,30)(H,27,32). The quantitative estimate of drug-likeness (QED) is 0.528. The van der Waals surface area contributed by atoms with Gasteiger partial charge in [0.1, 0.15) is 24.2 Å². The number of esters is 1. The molecule has 2 N–H and O–H groups in total. The molecule has 0 saturated heterocycles. The average Bonchev–Trinajstić information content (AvgIpc) is 2.74. The number of hydrogen-bond donors (Lipinski definition) is 2. The Kier molecular flexibility index (Phi) is 10.1. The van der Waals surface area contributed by atoms with Crippen molar-refractivity contribution in [1.29, 1.82) is 0 Å². The van der Waals surface area contributed by atoms with Gasteiger partial charge in [-0.15, -0.1) is 0 Å². The number of rotatable bonds is 9. The topological polar surface area (TPSA) is 114 Å². The molecule has 9 nitrogen and oxygen atoms in total. The van der Waals surface area contributed by atoms with Gasteiger partial charge < -0.3 is 25.0 Å². The van der Waals surface area contributed by atoms with E-state index in [1.165, 1.54) is 12.0 Å². The molecule has 0 spiro atoms. The molecule has 0 radical (unpaired) electrons. The van der Waals surface area contributed by atoms with Gasteiger partial charge in [-0.05, 0) is 66.0 Å². The summed E-state index contributed by atoms with van der Waals surface area (Å²) < 4.78 is 9.92. The lowest BCUT2D eigenvalue weighted by Gasteiger charge is -2.44. The first-order valence-corrected chi connectivity index (χ1v) is 11.4. The van der Waals surface area contributed by atoms with E-state index in [0.29, 0.717) is 12.0 Å². The van der Waals surface area contributed by atoms with Crippen molar-refractivity contribution in [2.75, 3.05) is 13.7 Å². The van der Waals surface area contributed by atoms with Crippen LogP contribution in [0.2, 0.25) is 0 Å². The van der Waals surface area contributed by atoms with Gasteiger partial charge in [0.15, 0.2) is 0 Å². The van der Waals surface area contributed by atoms with Crippen LogP contribution in [-0.4, -0.2) is 59.6 Å². The average molecular weight is 478 g/mol. The van der Waals surface area contributed by atoms with Crippen molar-refractivity contribution in [3.05, 3.63) is 35.4 Å². The fourth-order valence-corrected chi connectivity index (χ4v) is 3.32. The van der Waals surface area contributed by atoms with Gasteiger partial charge in [0, 0.05) is 5.54 Å². The number of hydrogen-bond acceptors (Lipinski definition) is 6. The lowest BCUT2D eigenvalue weighted by atomic mass is 9.90. The van der Waals surface area contributed by atoms with Crippen molar-refractivity contribution in [3.8, 4) is 0 Å². The van der Waals surface area contributed by atoms with Gasteiger partial charge in [-0.2, -0.15) is 0 Å². The number of carbonyl (C=O) groups is 4. The van der Waals surface area contributed by atoms with E-state index in [1.807, 2.05) is 39.8 Å². The summed E-state index contributed by atoms with van der Waals surface area (Å²) in [7, 11) is 1.23. The second kappa shape index (κ2) is 11.9. The monoisotopic (exact) mass is 477 g/mol. The van der Waals surface area contributed by atoms with Crippen molar-refractivity contribution < 1.29 is 28.7 Å². The van der Waals surface area contributed by atoms with Crippen LogP contribution >= 0.6 is 0 Å². The molecular weight excluding hydrogens is 438 g/mol. The summed E-state index contributed by atoms with van der Waals surface area (Å²) in [5.74, 6) is -1.59. The van der Waals surface area contributed by atoms with Crippen LogP contribution in [0.15, 0.2) is 24.3 Å². The van der Waals surface area contributed by atoms with Crippen molar-refractivity contribution in [1.82, 2.24) is 15.5 Å². The maximum atomic E-state index is 13.8. The van der Waals surface area contributed by atoms with Gasteiger partial charge in [0.25, 0.3) is 0 Å². The Labute approximate surface area is 202 Å². The predicted octanol–water partition coefficient (Wildman–Crippen LogP) is 3.26. The molecule has 0 bridgehead atoms. The molecular formula is C25H39N3O6. The highest BCUT2D eigenvalue weighted by Gasteiger charge is 2.42. The Hall–Kier alpha value is -3.10. The maximum Gasteiger partial charge on any atom is 0.408 e. The molecule has 0 aliphatic carbocycles. The van der Waals surface area contributed by atoms with Crippen LogP contribution in [0, 0.1) is 6.92 Å². The van der Waals surface area contributed by atoms with E-state index in [1.54, 1.807) is 39.8 Å². The summed E-state index contributed by atoms with van der Waals surface area (Å²) in [6.07, 6.45) is -0.199. The van der Waals surface area contributed by atoms with Gasteiger partial charge >= 0.3 is 12.1 Å². The van der Waals surface area contributed by atoms with E-state index in [4.69, 9.17) is 4.74 Å². The predicted molar refractivity (Wildman–Crippen MR) is 129 cm³/mol. The Bertz CT molecular complexity index is 891. The minimum absolute atomic E-state index is 0.335. The van der Waals surface area contributed by atoms with E-state index in [-0.39, 0.29) is 6.54 Å². The summed E-state index contributed by atoms with van der Waals surface area (Å²) in [5, 5.41) is 5.16. The number of carbonyl (C=O) groups excluding carboxylic acids is 4. The Balaban J connectivity index is 3.47. The van der Waals surface area contributed by atoms with E-state index in [0.717, 1.165) is 5.56 Å². The van der Waals surface area contributed by atoms with E-state index in [2.05, 4.69) is 15.4 Å². The molecule has 0 fully saturated rings. The first-order chi connectivity index (χ1) is 15.6. The molecule has 1 aromatic rings. The number of alkyl carbamates (subject to hydrolysis) is 1. The van der Waals surface area contributed by atoms with Crippen LogP contribution in [0.3, 0.4) is 0 Å². The highest BCUT2D eigenvalue weighted by atomic mass is 16.6. The Morgan fingerprint density at radius 1 is 1.06 bits per heavy atom. The number of amides is 3. The summed E-state index contributed by atoms with van der Waals surface area (Å²) in [6.45, 7) is 13.9. The number of ether oxygens (including phenoxy) is 2. The Morgan fingerprint density at radius 3 is 2.15 bits per heavy atom. The van der Waals surface area contributed by atoms with Gasteiger partial charge in [-0.1, -0.05) is 31.2 Å². The minimum atomic E-state index is -1.05. The van der Waals surface area contributed by atoms with Gasteiger partial charge in [-0.3, -0.25) is 14.4 Å². The van der Waals surface area contributed by atoms with Crippen LogP contribution in [0.25, 0.3) is 0 Å². The first-order valence-electron chi connectivity index (χ1n) is 11.4. The smallest absolute Gasteiger partial charge is 0.408 e. The second-order valence-corrected chi connectivity index (χ2v) is 9.80. The summed E-state index contributed by atoms with van der Waals surface area (Å²) in [5.41, 5.74) is -0.0780. The lowest BCUT2D eigenvalue weighted by molar-refractivity contribution is -0.149. The number of nitrogens with one attached hydrogen (secondary N) is 2. The molecule has 0 aliphatic rings. The minimum Gasteiger partial charge on any atom is -0.468 e. The van der Waals surface area contributed by atoms with Crippen molar-refractivity contribution in [2.45, 2.75) is 85.0 Å². The van der Waals surface area contributed by atoms with Gasteiger partial charge in [0.2, 0.25) is 11.8 Å². The molecule has 1 rings (SSSR count). The third kappa shape index (κ3) is 8.04. The van der Waals surface area contributed by atoms with Crippen molar-refractivity contribution in [3.63, 3.8) is 0 Å². The summed E-state index contributed by atoms with van der Waals surface area (Å²) in [6, 6.07) is 5.23. The molecule has 0 heterocycles. The molecule has 190 valence electrons. The summed E-state index contributed by atoms with van der Waals surface area (Å²) >= 11 is 0. The zero-order chi connectivity index (χ0) is 26.3. The molecule has 2 unspecified atom stereocenters. The fraction of sp³-hybridized carbons (Fsp3) is 0.600. The SMILES string of the molecule is CCC(C)(C)N(C(=O)C(C)NC(=O)OC(C)(C)C)C(C(=O)NCC(=O)OC)c1ccccc1C. The molecule has 2 atom stereocenters. The van der Waals surface area contributed by atoms with E-state index < -0.39 is 47.1 Å². The number of aryl methyl sites for hydroxylation is 1. The molecule has 0 saturated carbocycles. The molecule has 0 aliphatic heterocycles. The van der Waals surface area contributed by atoms with Crippen LogP contribution in [-0.2, 0) is 23.9 Å².